The Kier molecular flexibility index (Phi) is 8.57. The van der Waals surface area contributed by atoms with Gasteiger partial charge in [-0.1, -0.05) is 20.3 Å². The Bertz CT molecular complexity index is 74.5. The van der Waals surface area contributed by atoms with Crippen LogP contribution >= 0.6 is 12.9 Å². The molecule has 11 heavy (non-hydrogen) atoms. The predicted molar refractivity (Wildman–Crippen MR) is 49.9 cm³/mol. The number of rotatable bonds is 7. The maximum Gasteiger partial charge on any atom is 0.0949 e. The molecule has 0 aliphatic rings. The van der Waals surface area contributed by atoms with Crippen molar-refractivity contribution in [3.8, 4) is 0 Å². The van der Waals surface area contributed by atoms with Crippen molar-refractivity contribution in [2.24, 2.45) is 0 Å². The van der Waals surface area contributed by atoms with Gasteiger partial charge in [-0.3, -0.25) is 0 Å². The maximum absolute atomic E-state index is 5.34. The summed E-state index contributed by atoms with van der Waals surface area (Å²) in [4.78, 5) is 0. The monoisotopic (exact) mass is 178 g/mol. The lowest BCUT2D eigenvalue weighted by atomic mass is 10.3. The largest absolute Gasteiger partial charge is 0.379 e. The predicted octanol–water partition coefficient (Wildman–Crippen LogP) is 2.44. The van der Waals surface area contributed by atoms with Gasteiger partial charge in [0.25, 0.3) is 0 Å². The third-order valence-corrected chi connectivity index (χ3v) is 1.85. The van der Waals surface area contributed by atoms with Crippen LogP contribution in [0.4, 0.5) is 0 Å². The van der Waals surface area contributed by atoms with Crippen LogP contribution in [0.2, 0.25) is 0 Å². The van der Waals surface area contributed by atoms with E-state index in [2.05, 4.69) is 26.8 Å². The van der Waals surface area contributed by atoms with Crippen LogP contribution in [0, 0.1) is 0 Å². The molecule has 1 atom stereocenters. The second-order valence-electron chi connectivity index (χ2n) is 2.56. The quantitative estimate of drug-likeness (QED) is 0.367. The van der Waals surface area contributed by atoms with Gasteiger partial charge in [0.1, 0.15) is 0 Å². The average molecular weight is 178 g/mol. The van der Waals surface area contributed by atoms with Crippen LogP contribution < -0.4 is 0 Å². The summed E-state index contributed by atoms with van der Waals surface area (Å²) in [5.41, 5.74) is 0. The van der Waals surface area contributed by atoms with E-state index in [1.165, 1.54) is 6.42 Å². The first-order chi connectivity index (χ1) is 5.35. The van der Waals surface area contributed by atoms with Crippen molar-refractivity contribution in [1.82, 2.24) is 0 Å². The second-order valence-corrected chi connectivity index (χ2v) is 2.77. The van der Waals surface area contributed by atoms with Crippen molar-refractivity contribution < 1.29 is 8.92 Å². The molecule has 0 unspecified atom stereocenters. The molecule has 0 aromatic carbocycles. The van der Waals surface area contributed by atoms with E-state index in [4.69, 9.17) is 8.92 Å². The van der Waals surface area contributed by atoms with Gasteiger partial charge in [0.2, 0.25) is 0 Å². The smallest absolute Gasteiger partial charge is 0.0949 e. The highest BCUT2D eigenvalue weighted by Gasteiger charge is 2.03. The lowest BCUT2D eigenvalue weighted by Gasteiger charge is -2.11. The SMILES string of the molecule is CCCCOC[C@@H](CC)OS. The third kappa shape index (κ3) is 6.66. The summed E-state index contributed by atoms with van der Waals surface area (Å²) in [7, 11) is 0. The number of hydrogen-bond acceptors (Lipinski definition) is 3. The molecular formula is C8H18O2S. The molecule has 0 N–H and O–H groups in total. The van der Waals surface area contributed by atoms with Crippen LogP contribution in [0.1, 0.15) is 33.1 Å². The molecule has 0 spiro atoms. The number of thiol groups is 1. The molecule has 0 radical (unpaired) electrons. The summed E-state index contributed by atoms with van der Waals surface area (Å²) in [6.07, 6.45) is 3.41. The van der Waals surface area contributed by atoms with Crippen LogP contribution in [0.3, 0.4) is 0 Å². The summed E-state index contributed by atoms with van der Waals surface area (Å²) in [6, 6.07) is 0. The topological polar surface area (TPSA) is 18.5 Å². The van der Waals surface area contributed by atoms with Gasteiger partial charge in [-0.15, -0.1) is 0 Å². The van der Waals surface area contributed by atoms with Crippen molar-refractivity contribution in [3.05, 3.63) is 0 Å². The normalized spacial score (nSPS) is 13.4. The summed E-state index contributed by atoms with van der Waals surface area (Å²) in [5, 5.41) is 0. The van der Waals surface area contributed by atoms with Crippen LogP contribution in [-0.4, -0.2) is 19.3 Å². The molecule has 0 fully saturated rings. The van der Waals surface area contributed by atoms with Gasteiger partial charge in [-0.2, -0.15) is 0 Å². The first-order valence-electron chi connectivity index (χ1n) is 4.23. The molecule has 0 saturated carbocycles. The zero-order valence-corrected chi connectivity index (χ0v) is 8.27. The van der Waals surface area contributed by atoms with E-state index >= 15 is 0 Å². The molecule has 0 aliphatic heterocycles. The summed E-state index contributed by atoms with van der Waals surface area (Å²) in [5.74, 6) is 0. The minimum Gasteiger partial charge on any atom is -0.379 e. The van der Waals surface area contributed by atoms with Crippen molar-refractivity contribution in [2.45, 2.75) is 39.2 Å². The fraction of sp³-hybridized carbons (Fsp3) is 1.00. The van der Waals surface area contributed by atoms with E-state index in [-0.39, 0.29) is 6.10 Å². The minimum atomic E-state index is 0.148. The van der Waals surface area contributed by atoms with E-state index in [0.29, 0.717) is 6.61 Å². The van der Waals surface area contributed by atoms with Gasteiger partial charge in [-0.05, 0) is 25.8 Å². The summed E-state index contributed by atoms with van der Waals surface area (Å²) < 4.78 is 10.2. The first-order valence-corrected chi connectivity index (χ1v) is 4.59. The molecule has 0 aromatic heterocycles. The van der Waals surface area contributed by atoms with E-state index < -0.39 is 0 Å². The lowest BCUT2D eigenvalue weighted by molar-refractivity contribution is 0.0583. The lowest BCUT2D eigenvalue weighted by Crippen LogP contribution is -2.15. The van der Waals surface area contributed by atoms with Gasteiger partial charge in [0.05, 0.1) is 12.7 Å². The summed E-state index contributed by atoms with van der Waals surface area (Å²) >= 11 is 3.74. The van der Waals surface area contributed by atoms with Crippen LogP contribution in [0.15, 0.2) is 0 Å². The van der Waals surface area contributed by atoms with Crippen LogP contribution in [-0.2, 0) is 8.92 Å². The second kappa shape index (κ2) is 8.37. The van der Waals surface area contributed by atoms with Crippen molar-refractivity contribution in [3.63, 3.8) is 0 Å². The standard InChI is InChI=1S/C8H18O2S/c1-3-5-6-9-7-8(4-2)10-11/h8,11H,3-7H2,1-2H3/t8-/m1/s1. The highest BCUT2D eigenvalue weighted by Crippen LogP contribution is 2.01. The van der Waals surface area contributed by atoms with Crippen molar-refractivity contribution >= 4 is 12.9 Å². The van der Waals surface area contributed by atoms with Gasteiger partial charge in [0, 0.05) is 6.61 Å². The zero-order chi connectivity index (χ0) is 8.53. The fourth-order valence-corrected chi connectivity index (χ4v) is 0.894. The van der Waals surface area contributed by atoms with E-state index in [9.17, 15) is 0 Å². The highest BCUT2D eigenvalue weighted by atomic mass is 32.1. The Morgan fingerprint density at radius 2 is 2.09 bits per heavy atom. The molecule has 0 saturated heterocycles. The van der Waals surface area contributed by atoms with Crippen molar-refractivity contribution in [1.29, 1.82) is 0 Å². The summed E-state index contributed by atoms with van der Waals surface area (Å²) in [6.45, 7) is 5.71. The van der Waals surface area contributed by atoms with E-state index in [1.807, 2.05) is 0 Å². The maximum atomic E-state index is 5.34. The molecule has 2 nitrogen and oxygen atoms in total. The molecular weight excluding hydrogens is 160 g/mol. The molecule has 0 aromatic rings. The number of hydrogen-bond donors (Lipinski definition) is 1. The van der Waals surface area contributed by atoms with Crippen molar-refractivity contribution in [2.75, 3.05) is 13.2 Å². The molecule has 0 rings (SSSR count). The number of unbranched alkanes of at least 4 members (excludes halogenated alkanes) is 1. The van der Waals surface area contributed by atoms with Crippen LogP contribution in [0.5, 0.6) is 0 Å². The van der Waals surface area contributed by atoms with Gasteiger partial charge in [-0.25, -0.2) is 0 Å². The third-order valence-electron chi connectivity index (χ3n) is 1.55. The molecule has 0 amide bonds. The highest BCUT2D eigenvalue weighted by molar-refractivity contribution is 7.75. The first kappa shape index (κ1) is 11.3. The van der Waals surface area contributed by atoms with Gasteiger partial charge < -0.3 is 8.92 Å². The Labute approximate surface area is 74.9 Å². The molecule has 0 bridgehead atoms. The van der Waals surface area contributed by atoms with E-state index in [1.54, 1.807) is 0 Å². The molecule has 0 aliphatic carbocycles. The Hall–Kier alpha value is 0.270. The fourth-order valence-electron chi connectivity index (χ4n) is 0.684. The number of ether oxygens (including phenoxy) is 1. The molecule has 0 heterocycles. The van der Waals surface area contributed by atoms with Gasteiger partial charge in [0.15, 0.2) is 0 Å². The minimum absolute atomic E-state index is 0.148. The Morgan fingerprint density at radius 3 is 2.55 bits per heavy atom. The Morgan fingerprint density at radius 1 is 1.36 bits per heavy atom. The average Bonchev–Trinajstić information content (AvgIpc) is 2.05. The van der Waals surface area contributed by atoms with Gasteiger partial charge >= 0.3 is 0 Å². The molecule has 3 heteroatoms. The van der Waals surface area contributed by atoms with E-state index in [0.717, 1.165) is 19.4 Å². The molecule has 68 valence electrons. The zero-order valence-electron chi connectivity index (χ0n) is 7.38. The Balaban J connectivity index is 3.07. The van der Waals surface area contributed by atoms with Crippen LogP contribution in [0.25, 0.3) is 0 Å².